The fourth-order valence-corrected chi connectivity index (χ4v) is 1.58. The Morgan fingerprint density at radius 2 is 2.33 bits per heavy atom. The van der Waals surface area contributed by atoms with Crippen LogP contribution in [0.15, 0.2) is 23.0 Å². The van der Waals surface area contributed by atoms with E-state index in [9.17, 15) is 9.59 Å². The maximum atomic E-state index is 11.5. The number of aromatic amines is 1. The Balaban J connectivity index is 2.78. The lowest BCUT2D eigenvalue weighted by atomic mass is 10.3. The Morgan fingerprint density at radius 3 is 3.00 bits per heavy atom. The highest BCUT2D eigenvalue weighted by atomic mass is 16.5. The standard InChI is InChI=1S/C10H10N2O3/c1-15-8-4-2-3-7-9(8)11-10(14)12(7)5-6-13/h2-4,6H,5H2,1H3,(H,11,14). The van der Waals surface area contributed by atoms with E-state index in [0.29, 0.717) is 23.1 Å². The van der Waals surface area contributed by atoms with Crippen LogP contribution in [0, 0.1) is 0 Å². The van der Waals surface area contributed by atoms with Crippen molar-refractivity contribution in [1.82, 2.24) is 9.55 Å². The fraction of sp³-hybridized carbons (Fsp3) is 0.200. The lowest BCUT2D eigenvalue weighted by Gasteiger charge is -2.01. The van der Waals surface area contributed by atoms with E-state index >= 15 is 0 Å². The Bertz CT molecular complexity index is 553. The number of ether oxygens (including phenoxy) is 1. The summed E-state index contributed by atoms with van der Waals surface area (Å²) in [5.41, 5.74) is 0.986. The maximum Gasteiger partial charge on any atom is 0.326 e. The number of imidazole rings is 1. The van der Waals surface area contributed by atoms with Crippen molar-refractivity contribution in [2.45, 2.75) is 6.54 Å². The molecule has 0 radical (unpaired) electrons. The summed E-state index contributed by atoms with van der Waals surface area (Å²) < 4.78 is 6.47. The topological polar surface area (TPSA) is 64.1 Å². The number of methoxy groups -OCH3 is 1. The summed E-state index contributed by atoms with van der Waals surface area (Å²) in [5.74, 6) is 0.592. The van der Waals surface area contributed by atoms with Crippen LogP contribution >= 0.6 is 0 Å². The molecule has 0 fully saturated rings. The van der Waals surface area contributed by atoms with Crippen LogP contribution in [-0.4, -0.2) is 22.9 Å². The number of carbonyl (C=O) groups is 1. The highest BCUT2D eigenvalue weighted by molar-refractivity contribution is 5.82. The number of aldehydes is 1. The third-order valence-electron chi connectivity index (χ3n) is 2.25. The third-order valence-corrected chi connectivity index (χ3v) is 2.25. The first kappa shape index (κ1) is 9.51. The molecule has 1 aromatic heterocycles. The van der Waals surface area contributed by atoms with Crippen molar-refractivity contribution in [3.05, 3.63) is 28.7 Å². The Labute approximate surface area is 85.3 Å². The minimum atomic E-state index is -0.304. The van der Waals surface area contributed by atoms with Crippen LogP contribution in [0.3, 0.4) is 0 Å². The lowest BCUT2D eigenvalue weighted by molar-refractivity contribution is -0.108. The molecule has 5 heteroatoms. The summed E-state index contributed by atoms with van der Waals surface area (Å²) >= 11 is 0. The van der Waals surface area contributed by atoms with Crippen molar-refractivity contribution in [2.75, 3.05) is 7.11 Å². The number of hydrogen-bond acceptors (Lipinski definition) is 3. The smallest absolute Gasteiger partial charge is 0.326 e. The molecular formula is C10H10N2O3. The second-order valence-electron chi connectivity index (χ2n) is 3.06. The number of para-hydroxylation sites is 1. The molecule has 1 heterocycles. The molecule has 0 unspecified atom stereocenters. The molecule has 0 atom stereocenters. The second kappa shape index (κ2) is 3.61. The van der Waals surface area contributed by atoms with E-state index in [1.807, 2.05) is 0 Å². The van der Waals surface area contributed by atoms with Gasteiger partial charge in [0.15, 0.2) is 0 Å². The van der Waals surface area contributed by atoms with Crippen molar-refractivity contribution < 1.29 is 9.53 Å². The van der Waals surface area contributed by atoms with Crippen molar-refractivity contribution in [2.24, 2.45) is 0 Å². The molecule has 0 bridgehead atoms. The Morgan fingerprint density at radius 1 is 1.53 bits per heavy atom. The number of hydrogen-bond donors (Lipinski definition) is 1. The van der Waals surface area contributed by atoms with E-state index in [4.69, 9.17) is 4.74 Å². The molecule has 5 nitrogen and oxygen atoms in total. The molecule has 0 aliphatic rings. The van der Waals surface area contributed by atoms with Gasteiger partial charge in [0.2, 0.25) is 0 Å². The van der Waals surface area contributed by atoms with Crippen LogP contribution in [0.4, 0.5) is 0 Å². The normalized spacial score (nSPS) is 10.5. The number of nitrogens with one attached hydrogen (secondary N) is 1. The summed E-state index contributed by atoms with van der Waals surface area (Å²) in [6, 6.07) is 5.29. The van der Waals surface area contributed by atoms with Gasteiger partial charge in [-0.25, -0.2) is 4.79 Å². The van der Waals surface area contributed by atoms with Crippen LogP contribution in [0.5, 0.6) is 5.75 Å². The van der Waals surface area contributed by atoms with Gasteiger partial charge in [0, 0.05) is 0 Å². The summed E-state index contributed by atoms with van der Waals surface area (Å²) in [5, 5.41) is 0. The molecule has 0 saturated heterocycles. The minimum Gasteiger partial charge on any atom is -0.494 e. The zero-order valence-corrected chi connectivity index (χ0v) is 8.19. The van der Waals surface area contributed by atoms with Gasteiger partial charge in [-0.05, 0) is 12.1 Å². The summed E-state index contributed by atoms with van der Waals surface area (Å²) in [4.78, 5) is 24.6. The minimum absolute atomic E-state index is 0.0476. The molecule has 0 spiro atoms. The predicted molar refractivity (Wildman–Crippen MR) is 55.2 cm³/mol. The number of fused-ring (bicyclic) bond motifs is 1. The fourth-order valence-electron chi connectivity index (χ4n) is 1.58. The Hall–Kier alpha value is -2.04. The molecule has 0 aliphatic carbocycles. The van der Waals surface area contributed by atoms with Crippen molar-refractivity contribution >= 4 is 17.3 Å². The molecular weight excluding hydrogens is 196 g/mol. The second-order valence-corrected chi connectivity index (χ2v) is 3.06. The van der Waals surface area contributed by atoms with Crippen molar-refractivity contribution in [3.63, 3.8) is 0 Å². The SMILES string of the molecule is COc1cccc2c1[nH]c(=O)n2CC=O. The van der Waals surface area contributed by atoms with Gasteiger partial charge in [-0.2, -0.15) is 0 Å². The zero-order chi connectivity index (χ0) is 10.8. The molecule has 15 heavy (non-hydrogen) atoms. The quantitative estimate of drug-likeness (QED) is 0.745. The largest absolute Gasteiger partial charge is 0.494 e. The van der Waals surface area contributed by atoms with Gasteiger partial charge in [-0.3, -0.25) is 4.57 Å². The van der Waals surface area contributed by atoms with Gasteiger partial charge in [-0.1, -0.05) is 6.07 Å². The van der Waals surface area contributed by atoms with Gasteiger partial charge in [0.05, 0.1) is 19.2 Å². The van der Waals surface area contributed by atoms with Gasteiger partial charge >= 0.3 is 5.69 Å². The first-order valence-electron chi connectivity index (χ1n) is 4.47. The van der Waals surface area contributed by atoms with Crippen LogP contribution in [-0.2, 0) is 11.3 Å². The number of H-pyrrole nitrogens is 1. The third kappa shape index (κ3) is 1.41. The van der Waals surface area contributed by atoms with E-state index in [1.165, 1.54) is 11.7 Å². The molecule has 0 aliphatic heterocycles. The number of carbonyl (C=O) groups excluding carboxylic acids is 1. The Kier molecular flexibility index (Phi) is 2.29. The molecule has 1 aromatic carbocycles. The van der Waals surface area contributed by atoms with Crippen LogP contribution in [0.2, 0.25) is 0 Å². The van der Waals surface area contributed by atoms with Gasteiger partial charge in [0.25, 0.3) is 0 Å². The number of nitrogens with zero attached hydrogens (tertiary/aromatic N) is 1. The predicted octanol–water partition coefficient (Wildman–Crippen LogP) is 0.537. The zero-order valence-electron chi connectivity index (χ0n) is 8.19. The maximum absolute atomic E-state index is 11.5. The highest BCUT2D eigenvalue weighted by Gasteiger charge is 2.09. The van der Waals surface area contributed by atoms with E-state index in [0.717, 1.165) is 0 Å². The van der Waals surface area contributed by atoms with Crippen LogP contribution in [0.1, 0.15) is 0 Å². The van der Waals surface area contributed by atoms with Crippen LogP contribution < -0.4 is 10.4 Å². The van der Waals surface area contributed by atoms with Crippen LogP contribution in [0.25, 0.3) is 11.0 Å². The molecule has 0 amide bonds. The average molecular weight is 206 g/mol. The summed E-state index contributed by atoms with van der Waals surface area (Å²) in [6.07, 6.45) is 0.689. The van der Waals surface area contributed by atoms with Crippen molar-refractivity contribution in [3.8, 4) is 5.75 Å². The monoisotopic (exact) mass is 206 g/mol. The van der Waals surface area contributed by atoms with Gasteiger partial charge < -0.3 is 14.5 Å². The molecule has 2 rings (SSSR count). The first-order valence-corrected chi connectivity index (χ1v) is 4.47. The molecule has 0 saturated carbocycles. The average Bonchev–Trinajstić information content (AvgIpc) is 2.56. The van der Waals surface area contributed by atoms with E-state index < -0.39 is 0 Å². The van der Waals surface area contributed by atoms with Gasteiger partial charge in [0.1, 0.15) is 17.6 Å². The number of rotatable bonds is 3. The first-order chi connectivity index (χ1) is 7.27. The van der Waals surface area contributed by atoms with E-state index in [-0.39, 0.29) is 12.2 Å². The van der Waals surface area contributed by atoms with E-state index in [2.05, 4.69) is 4.98 Å². The number of aromatic nitrogens is 2. The molecule has 1 N–H and O–H groups in total. The summed E-state index contributed by atoms with van der Waals surface area (Å²) in [7, 11) is 1.53. The lowest BCUT2D eigenvalue weighted by Crippen LogP contribution is -2.17. The van der Waals surface area contributed by atoms with Crippen molar-refractivity contribution in [1.29, 1.82) is 0 Å². The summed E-state index contributed by atoms with van der Waals surface area (Å²) in [6.45, 7) is 0.0476. The molecule has 2 aromatic rings. The molecule has 78 valence electrons. The van der Waals surface area contributed by atoms with E-state index in [1.54, 1.807) is 18.2 Å². The highest BCUT2D eigenvalue weighted by Crippen LogP contribution is 2.21. The number of benzene rings is 1. The van der Waals surface area contributed by atoms with Gasteiger partial charge in [-0.15, -0.1) is 0 Å².